The third-order valence-electron chi connectivity index (χ3n) is 4.70. The van der Waals surface area contributed by atoms with E-state index in [4.69, 9.17) is 0 Å². The van der Waals surface area contributed by atoms with Crippen LogP contribution in [-0.4, -0.2) is 5.78 Å². The zero-order valence-corrected chi connectivity index (χ0v) is 14.0. The van der Waals surface area contributed by atoms with Gasteiger partial charge in [-0.2, -0.15) is 0 Å². The van der Waals surface area contributed by atoms with Crippen molar-refractivity contribution in [1.82, 2.24) is 0 Å². The summed E-state index contributed by atoms with van der Waals surface area (Å²) in [4.78, 5) is 13.0. The zero-order valence-electron chi connectivity index (χ0n) is 13.1. The average Bonchev–Trinajstić information content (AvgIpc) is 2.64. The fraction of sp³-hybridized carbons (Fsp3) is 0.0952. The Bertz CT molecular complexity index is 851. The highest BCUT2D eigenvalue weighted by Crippen LogP contribution is 2.77. The minimum atomic E-state index is -2.92. The Labute approximate surface area is 141 Å². The summed E-state index contributed by atoms with van der Waals surface area (Å²) in [5.74, 6) is 0.0552. The monoisotopic (exact) mass is 332 g/mol. The molecule has 3 aromatic carbocycles. The van der Waals surface area contributed by atoms with Gasteiger partial charge in [-0.3, -0.25) is 4.79 Å². The summed E-state index contributed by atoms with van der Waals surface area (Å²) in [6.07, 6.45) is 0. The van der Waals surface area contributed by atoms with Gasteiger partial charge >= 0.3 is 0 Å². The number of hydrogen-bond donors (Lipinski definition) is 0. The first-order valence-electron chi connectivity index (χ1n) is 8.01. The lowest BCUT2D eigenvalue weighted by Gasteiger charge is -2.44. The highest BCUT2D eigenvalue weighted by Gasteiger charge is 2.60. The zero-order chi connectivity index (χ0) is 16.6. The van der Waals surface area contributed by atoms with Crippen LogP contribution in [0.25, 0.3) is 0 Å². The van der Waals surface area contributed by atoms with Crippen molar-refractivity contribution < 1.29 is 9.36 Å². The molecule has 4 rings (SSSR count). The van der Waals surface area contributed by atoms with Crippen LogP contribution >= 0.6 is 7.14 Å². The fourth-order valence-corrected chi connectivity index (χ4v) is 7.17. The van der Waals surface area contributed by atoms with Crippen molar-refractivity contribution >= 4 is 18.2 Å². The van der Waals surface area contributed by atoms with Crippen LogP contribution in [-0.2, 0) is 9.36 Å². The van der Waals surface area contributed by atoms with Crippen molar-refractivity contribution in [1.29, 1.82) is 0 Å². The Balaban J connectivity index is 1.88. The topological polar surface area (TPSA) is 34.1 Å². The first-order valence-corrected chi connectivity index (χ1v) is 9.86. The molecule has 0 amide bonds. The molecule has 0 bridgehead atoms. The lowest BCUT2D eigenvalue weighted by molar-refractivity contribution is -0.120. The molecule has 0 N–H and O–H groups in total. The second-order valence-electron chi connectivity index (χ2n) is 6.07. The molecule has 1 aliphatic heterocycles. The first kappa shape index (κ1) is 15.1. The molecule has 1 fully saturated rings. The maximum absolute atomic E-state index is 14.1. The van der Waals surface area contributed by atoms with E-state index in [2.05, 4.69) is 0 Å². The maximum Gasteiger partial charge on any atom is 0.163 e. The largest absolute Gasteiger partial charge is 0.316 e. The smallest absolute Gasteiger partial charge is 0.163 e. The Kier molecular flexibility index (Phi) is 3.70. The first-order chi connectivity index (χ1) is 11.7. The lowest BCUT2D eigenvalue weighted by Crippen LogP contribution is -2.38. The predicted octanol–water partition coefficient (Wildman–Crippen LogP) is 4.74. The molecule has 2 nitrogen and oxygen atoms in total. The van der Waals surface area contributed by atoms with Gasteiger partial charge in [-0.25, -0.2) is 0 Å². The molecule has 24 heavy (non-hydrogen) atoms. The molecule has 0 spiro atoms. The van der Waals surface area contributed by atoms with Crippen molar-refractivity contribution in [3.8, 4) is 0 Å². The van der Waals surface area contributed by atoms with Crippen LogP contribution in [0.5, 0.6) is 0 Å². The Morgan fingerprint density at radius 1 is 0.583 bits per heavy atom. The van der Waals surface area contributed by atoms with Gasteiger partial charge in [0.15, 0.2) is 5.78 Å². The summed E-state index contributed by atoms with van der Waals surface area (Å²) in [5, 5.41) is 0.785. The average molecular weight is 332 g/mol. The van der Waals surface area contributed by atoms with Crippen molar-refractivity contribution in [3.63, 3.8) is 0 Å². The van der Waals surface area contributed by atoms with Gasteiger partial charge in [0.2, 0.25) is 0 Å². The summed E-state index contributed by atoms with van der Waals surface area (Å²) < 4.78 is 14.1. The second-order valence-corrected chi connectivity index (χ2v) is 9.04. The predicted molar refractivity (Wildman–Crippen MR) is 97.1 cm³/mol. The molecule has 1 saturated heterocycles. The van der Waals surface area contributed by atoms with Gasteiger partial charge in [-0.15, -0.1) is 0 Å². The Morgan fingerprint density at radius 3 is 1.38 bits per heavy atom. The van der Waals surface area contributed by atoms with E-state index < -0.39 is 18.5 Å². The summed E-state index contributed by atoms with van der Waals surface area (Å²) in [6, 6.07) is 28.5. The summed E-state index contributed by atoms with van der Waals surface area (Å²) >= 11 is 0. The number of benzene rings is 3. The normalized spacial score (nSPS) is 25.9. The molecule has 2 unspecified atom stereocenters. The Hall–Kier alpha value is -2.44. The van der Waals surface area contributed by atoms with E-state index in [-0.39, 0.29) is 5.78 Å². The fourth-order valence-electron chi connectivity index (χ4n) is 3.60. The summed E-state index contributed by atoms with van der Waals surface area (Å²) in [6.45, 7) is 0. The van der Waals surface area contributed by atoms with Gasteiger partial charge in [-0.05, 0) is 11.1 Å². The molecule has 0 saturated carbocycles. The lowest BCUT2D eigenvalue weighted by atomic mass is 10.00. The standard InChI is InChI=1S/C21H17O2P/c22-19-20(16-10-4-1-5-11-16)24(23,18-14-8-3-9-15-18)21(19)17-12-6-2-7-13-17/h1-15,20-21H. The third kappa shape index (κ3) is 2.18. The van der Waals surface area contributed by atoms with Crippen LogP contribution < -0.4 is 5.30 Å². The highest BCUT2D eigenvalue weighted by atomic mass is 31.2. The SMILES string of the molecule is O=C1C(c2ccccc2)P(=O)(c2ccccc2)C1c1ccccc1. The van der Waals surface area contributed by atoms with E-state index in [1.54, 1.807) is 0 Å². The molecule has 0 aromatic heterocycles. The maximum atomic E-state index is 14.1. The number of carbonyl (C=O) groups excluding carboxylic acids is 1. The summed E-state index contributed by atoms with van der Waals surface area (Å²) in [5.41, 5.74) is 0.626. The van der Waals surface area contributed by atoms with Crippen LogP contribution in [0, 0.1) is 0 Å². The second kappa shape index (κ2) is 5.89. The van der Waals surface area contributed by atoms with Gasteiger partial charge in [0, 0.05) is 5.30 Å². The molecular weight excluding hydrogens is 315 g/mol. The number of hydrogen-bond acceptors (Lipinski definition) is 2. The molecular formula is C21H17O2P. The number of carbonyl (C=O) groups is 1. The van der Waals surface area contributed by atoms with Gasteiger partial charge in [0.05, 0.1) is 0 Å². The molecule has 3 aromatic rings. The van der Waals surface area contributed by atoms with Crippen molar-refractivity contribution in [2.24, 2.45) is 0 Å². The Morgan fingerprint density at radius 2 is 0.958 bits per heavy atom. The quantitative estimate of drug-likeness (QED) is 0.649. The van der Waals surface area contributed by atoms with E-state index in [0.29, 0.717) is 0 Å². The molecule has 0 radical (unpaired) electrons. The molecule has 2 atom stereocenters. The van der Waals surface area contributed by atoms with E-state index in [9.17, 15) is 9.36 Å². The van der Waals surface area contributed by atoms with Crippen molar-refractivity contribution in [2.45, 2.75) is 11.3 Å². The molecule has 3 heteroatoms. The van der Waals surface area contributed by atoms with Gasteiger partial charge in [0.25, 0.3) is 0 Å². The third-order valence-corrected chi connectivity index (χ3v) is 8.44. The van der Waals surface area contributed by atoms with Crippen LogP contribution in [0.4, 0.5) is 0 Å². The summed E-state index contributed by atoms with van der Waals surface area (Å²) in [7, 11) is -2.92. The van der Waals surface area contributed by atoms with Gasteiger partial charge in [-0.1, -0.05) is 91.0 Å². The van der Waals surface area contributed by atoms with E-state index in [1.807, 2.05) is 91.0 Å². The van der Waals surface area contributed by atoms with Crippen LogP contribution in [0.1, 0.15) is 22.4 Å². The minimum absolute atomic E-state index is 0.0552. The van der Waals surface area contributed by atoms with Crippen LogP contribution in [0.3, 0.4) is 0 Å². The highest BCUT2D eigenvalue weighted by molar-refractivity contribution is 7.76. The molecule has 0 aliphatic carbocycles. The number of ketones is 1. The van der Waals surface area contributed by atoms with E-state index >= 15 is 0 Å². The van der Waals surface area contributed by atoms with Gasteiger partial charge in [0.1, 0.15) is 18.5 Å². The van der Waals surface area contributed by atoms with Crippen molar-refractivity contribution in [3.05, 3.63) is 102 Å². The van der Waals surface area contributed by atoms with E-state index in [1.165, 1.54) is 0 Å². The van der Waals surface area contributed by atoms with Crippen LogP contribution in [0.15, 0.2) is 91.0 Å². The number of rotatable bonds is 3. The van der Waals surface area contributed by atoms with Gasteiger partial charge < -0.3 is 4.57 Å². The molecule has 1 heterocycles. The minimum Gasteiger partial charge on any atom is -0.316 e. The number of Topliss-reactive ketones (excluding diaryl/α,β-unsaturated/α-hetero) is 1. The van der Waals surface area contributed by atoms with E-state index in [0.717, 1.165) is 16.4 Å². The van der Waals surface area contributed by atoms with Crippen molar-refractivity contribution in [2.75, 3.05) is 0 Å². The molecule has 1 aliphatic rings. The van der Waals surface area contributed by atoms with Crippen LogP contribution in [0.2, 0.25) is 0 Å². The molecule has 118 valence electrons.